The second kappa shape index (κ2) is 7.54. The van der Waals surface area contributed by atoms with Crippen LogP contribution in [0, 0.1) is 0 Å². The molecular formula is C8H18N2O. The Bertz CT molecular complexity index is 113. The molecule has 0 aliphatic rings. The van der Waals surface area contributed by atoms with E-state index in [1.165, 1.54) is 0 Å². The number of unbranched alkanes of at least 4 members (excludes halogenated alkanes) is 1. The number of rotatable bonds is 6. The van der Waals surface area contributed by atoms with E-state index in [0.29, 0.717) is 0 Å². The zero-order valence-electron chi connectivity index (χ0n) is 7.47. The molecule has 2 N–H and O–H groups in total. The summed E-state index contributed by atoms with van der Waals surface area (Å²) >= 11 is 0. The summed E-state index contributed by atoms with van der Waals surface area (Å²) < 4.78 is 4.90. The zero-order chi connectivity index (χ0) is 8.53. The SMILES string of the molecule is CCC(N)=NCCCCOC. The van der Waals surface area contributed by atoms with Gasteiger partial charge in [-0.1, -0.05) is 6.92 Å². The molecule has 0 amide bonds. The summed E-state index contributed by atoms with van der Waals surface area (Å²) in [6, 6.07) is 0. The molecular weight excluding hydrogens is 140 g/mol. The van der Waals surface area contributed by atoms with Crippen LogP contribution in [0.5, 0.6) is 0 Å². The summed E-state index contributed by atoms with van der Waals surface area (Å²) in [5, 5.41) is 0. The summed E-state index contributed by atoms with van der Waals surface area (Å²) in [6.07, 6.45) is 2.98. The summed E-state index contributed by atoms with van der Waals surface area (Å²) in [5.74, 6) is 0.752. The van der Waals surface area contributed by atoms with Crippen LogP contribution in [0.4, 0.5) is 0 Å². The molecule has 0 rings (SSSR count). The summed E-state index contributed by atoms with van der Waals surface area (Å²) in [5.41, 5.74) is 5.51. The molecule has 0 unspecified atom stereocenters. The molecule has 0 fully saturated rings. The average molecular weight is 158 g/mol. The third-order valence-corrected chi connectivity index (χ3v) is 1.43. The predicted molar refractivity (Wildman–Crippen MR) is 47.9 cm³/mol. The molecule has 0 spiro atoms. The van der Waals surface area contributed by atoms with Gasteiger partial charge in [-0.05, 0) is 12.8 Å². The quantitative estimate of drug-likeness (QED) is 0.358. The molecule has 0 aromatic heterocycles. The molecule has 3 heteroatoms. The predicted octanol–water partition coefficient (Wildman–Crippen LogP) is 1.18. The number of aliphatic imine (C=N–C) groups is 1. The summed E-state index contributed by atoms with van der Waals surface area (Å²) in [4.78, 5) is 4.15. The molecule has 0 saturated heterocycles. The van der Waals surface area contributed by atoms with Gasteiger partial charge >= 0.3 is 0 Å². The molecule has 0 aromatic carbocycles. The number of methoxy groups -OCH3 is 1. The minimum absolute atomic E-state index is 0.752. The Balaban J connectivity index is 3.12. The number of hydrogen-bond acceptors (Lipinski definition) is 2. The van der Waals surface area contributed by atoms with Crippen LogP contribution >= 0.6 is 0 Å². The standard InChI is InChI=1S/C8H18N2O/c1-3-8(9)10-6-4-5-7-11-2/h3-7H2,1-2H3,(H2,9,10). The highest BCUT2D eigenvalue weighted by Crippen LogP contribution is 1.90. The highest BCUT2D eigenvalue weighted by Gasteiger charge is 1.87. The van der Waals surface area contributed by atoms with Crippen LogP contribution in [0.2, 0.25) is 0 Å². The Kier molecular flexibility index (Phi) is 7.15. The minimum atomic E-state index is 0.752. The molecule has 0 aliphatic heterocycles. The van der Waals surface area contributed by atoms with Crippen LogP contribution in [-0.4, -0.2) is 26.1 Å². The lowest BCUT2D eigenvalue weighted by Gasteiger charge is -1.97. The third kappa shape index (κ3) is 7.33. The first-order chi connectivity index (χ1) is 5.31. The largest absolute Gasteiger partial charge is 0.387 e. The fourth-order valence-electron chi connectivity index (χ4n) is 0.693. The van der Waals surface area contributed by atoms with Crippen molar-refractivity contribution in [1.29, 1.82) is 0 Å². The number of nitrogens with two attached hydrogens (primary N) is 1. The maximum atomic E-state index is 5.51. The highest BCUT2D eigenvalue weighted by atomic mass is 16.5. The lowest BCUT2D eigenvalue weighted by Crippen LogP contribution is -2.10. The summed E-state index contributed by atoms with van der Waals surface area (Å²) in [6.45, 7) is 3.67. The lowest BCUT2D eigenvalue weighted by atomic mass is 10.3. The van der Waals surface area contributed by atoms with Gasteiger partial charge in [-0.2, -0.15) is 0 Å². The van der Waals surface area contributed by atoms with Gasteiger partial charge in [0.15, 0.2) is 0 Å². The van der Waals surface area contributed by atoms with Gasteiger partial charge in [0.05, 0.1) is 5.84 Å². The van der Waals surface area contributed by atoms with Crippen molar-refractivity contribution in [2.24, 2.45) is 10.7 Å². The number of nitrogens with zero attached hydrogens (tertiary/aromatic N) is 1. The molecule has 0 aliphatic carbocycles. The fourth-order valence-corrected chi connectivity index (χ4v) is 0.693. The van der Waals surface area contributed by atoms with E-state index in [0.717, 1.165) is 38.2 Å². The lowest BCUT2D eigenvalue weighted by molar-refractivity contribution is 0.193. The monoisotopic (exact) mass is 158 g/mol. The Morgan fingerprint density at radius 3 is 2.73 bits per heavy atom. The van der Waals surface area contributed by atoms with Crippen molar-refractivity contribution in [2.45, 2.75) is 26.2 Å². The van der Waals surface area contributed by atoms with Crippen LogP contribution in [0.25, 0.3) is 0 Å². The third-order valence-electron chi connectivity index (χ3n) is 1.43. The summed E-state index contributed by atoms with van der Waals surface area (Å²) in [7, 11) is 1.71. The van der Waals surface area contributed by atoms with Crippen molar-refractivity contribution >= 4 is 5.84 Å². The van der Waals surface area contributed by atoms with Gasteiger partial charge in [0, 0.05) is 26.7 Å². The van der Waals surface area contributed by atoms with Crippen LogP contribution in [0.15, 0.2) is 4.99 Å². The molecule has 66 valence electrons. The molecule has 0 aromatic rings. The maximum Gasteiger partial charge on any atom is 0.0934 e. The van der Waals surface area contributed by atoms with E-state index in [9.17, 15) is 0 Å². The van der Waals surface area contributed by atoms with E-state index in [4.69, 9.17) is 10.5 Å². The number of hydrogen-bond donors (Lipinski definition) is 1. The van der Waals surface area contributed by atoms with Crippen molar-refractivity contribution in [3.63, 3.8) is 0 Å². The van der Waals surface area contributed by atoms with Crippen LogP contribution < -0.4 is 5.73 Å². The van der Waals surface area contributed by atoms with Gasteiger partial charge in [-0.3, -0.25) is 4.99 Å². The normalized spacial score (nSPS) is 12.0. The van der Waals surface area contributed by atoms with E-state index in [2.05, 4.69) is 4.99 Å². The second-order valence-electron chi connectivity index (χ2n) is 2.43. The topological polar surface area (TPSA) is 47.6 Å². The minimum Gasteiger partial charge on any atom is -0.387 e. The van der Waals surface area contributed by atoms with Crippen molar-refractivity contribution in [3.05, 3.63) is 0 Å². The Hall–Kier alpha value is -0.570. The van der Waals surface area contributed by atoms with E-state index < -0.39 is 0 Å². The van der Waals surface area contributed by atoms with Gasteiger partial charge in [0.25, 0.3) is 0 Å². The maximum absolute atomic E-state index is 5.51. The first-order valence-corrected chi connectivity index (χ1v) is 4.09. The van der Waals surface area contributed by atoms with E-state index >= 15 is 0 Å². The van der Waals surface area contributed by atoms with Crippen LogP contribution in [0.1, 0.15) is 26.2 Å². The molecule has 11 heavy (non-hydrogen) atoms. The molecule has 0 atom stereocenters. The van der Waals surface area contributed by atoms with E-state index in [-0.39, 0.29) is 0 Å². The van der Waals surface area contributed by atoms with E-state index in [1.807, 2.05) is 6.92 Å². The smallest absolute Gasteiger partial charge is 0.0934 e. The van der Waals surface area contributed by atoms with Gasteiger partial charge in [-0.25, -0.2) is 0 Å². The van der Waals surface area contributed by atoms with Crippen molar-refractivity contribution in [1.82, 2.24) is 0 Å². The van der Waals surface area contributed by atoms with Crippen molar-refractivity contribution < 1.29 is 4.74 Å². The number of ether oxygens (including phenoxy) is 1. The molecule has 0 bridgehead atoms. The van der Waals surface area contributed by atoms with Gasteiger partial charge in [-0.15, -0.1) is 0 Å². The Labute approximate surface area is 68.6 Å². The van der Waals surface area contributed by atoms with Gasteiger partial charge in [0.2, 0.25) is 0 Å². The first kappa shape index (κ1) is 10.4. The Morgan fingerprint density at radius 1 is 1.45 bits per heavy atom. The highest BCUT2D eigenvalue weighted by molar-refractivity contribution is 5.79. The van der Waals surface area contributed by atoms with Crippen molar-refractivity contribution in [3.8, 4) is 0 Å². The van der Waals surface area contributed by atoms with Crippen LogP contribution in [0.3, 0.4) is 0 Å². The van der Waals surface area contributed by atoms with Gasteiger partial charge < -0.3 is 10.5 Å². The van der Waals surface area contributed by atoms with Gasteiger partial charge in [0.1, 0.15) is 0 Å². The molecule has 0 radical (unpaired) electrons. The average Bonchev–Trinajstić information content (AvgIpc) is 2.04. The Morgan fingerprint density at radius 2 is 2.18 bits per heavy atom. The second-order valence-corrected chi connectivity index (χ2v) is 2.43. The number of amidine groups is 1. The first-order valence-electron chi connectivity index (χ1n) is 4.09. The fraction of sp³-hybridized carbons (Fsp3) is 0.875. The van der Waals surface area contributed by atoms with Crippen molar-refractivity contribution in [2.75, 3.05) is 20.3 Å². The zero-order valence-corrected chi connectivity index (χ0v) is 7.47. The molecule has 0 saturated carbocycles. The molecule has 0 heterocycles. The van der Waals surface area contributed by atoms with Crippen LogP contribution in [-0.2, 0) is 4.74 Å². The van der Waals surface area contributed by atoms with E-state index in [1.54, 1.807) is 7.11 Å². The molecule has 3 nitrogen and oxygen atoms in total.